The molecule has 1 aliphatic rings. The van der Waals surface area contributed by atoms with E-state index in [2.05, 4.69) is 45.3 Å². The van der Waals surface area contributed by atoms with Crippen molar-refractivity contribution in [2.24, 2.45) is 0 Å². The minimum absolute atomic E-state index is 0.733. The van der Waals surface area contributed by atoms with E-state index in [0.717, 1.165) is 19.1 Å². The van der Waals surface area contributed by atoms with E-state index < -0.39 is 0 Å². The van der Waals surface area contributed by atoms with Crippen LogP contribution in [0.3, 0.4) is 0 Å². The maximum Gasteiger partial charge on any atom is 0.0701 e. The van der Waals surface area contributed by atoms with Crippen molar-refractivity contribution in [1.29, 1.82) is 0 Å². The van der Waals surface area contributed by atoms with E-state index >= 15 is 0 Å². The largest absolute Gasteiger partial charge is 0.310 e. The van der Waals surface area contributed by atoms with Crippen LogP contribution in [0.1, 0.15) is 24.1 Å². The molecular formula is C12H19BrN2S. The molecule has 0 amide bonds. The lowest BCUT2D eigenvalue weighted by atomic mass is 10.0. The smallest absolute Gasteiger partial charge is 0.0701 e. The van der Waals surface area contributed by atoms with Gasteiger partial charge in [-0.05, 0) is 54.5 Å². The molecule has 0 aromatic carbocycles. The first kappa shape index (κ1) is 12.6. The Bertz CT molecular complexity index is 327. The van der Waals surface area contributed by atoms with E-state index in [-0.39, 0.29) is 0 Å². The van der Waals surface area contributed by atoms with Gasteiger partial charge in [-0.15, -0.1) is 11.3 Å². The molecule has 1 aliphatic heterocycles. The average Bonchev–Trinajstić information content (AvgIpc) is 2.67. The normalized spacial score (nSPS) is 22.5. The first-order valence-electron chi connectivity index (χ1n) is 5.91. The number of piperidine rings is 1. The van der Waals surface area contributed by atoms with Gasteiger partial charge in [0.15, 0.2) is 0 Å². The summed E-state index contributed by atoms with van der Waals surface area (Å²) in [5, 5.41) is 3.56. The summed E-state index contributed by atoms with van der Waals surface area (Å²) in [6, 6.07) is 5.04. The third-order valence-corrected chi connectivity index (χ3v) is 4.85. The van der Waals surface area contributed by atoms with Crippen LogP contribution in [0.4, 0.5) is 0 Å². The van der Waals surface area contributed by atoms with E-state index in [9.17, 15) is 0 Å². The van der Waals surface area contributed by atoms with Crippen LogP contribution in [0.5, 0.6) is 0 Å². The molecule has 0 spiro atoms. The minimum Gasteiger partial charge on any atom is -0.310 e. The molecule has 16 heavy (non-hydrogen) atoms. The van der Waals surface area contributed by atoms with Gasteiger partial charge in [0.05, 0.1) is 3.79 Å². The minimum atomic E-state index is 0.733. The molecule has 1 atom stereocenters. The molecule has 0 bridgehead atoms. The van der Waals surface area contributed by atoms with Crippen molar-refractivity contribution in [3.05, 3.63) is 20.8 Å². The first-order valence-corrected chi connectivity index (χ1v) is 7.52. The Kier molecular flexibility index (Phi) is 4.82. The quantitative estimate of drug-likeness (QED) is 0.919. The van der Waals surface area contributed by atoms with Crippen LogP contribution in [-0.4, -0.2) is 31.1 Å². The maximum atomic E-state index is 3.56. The van der Waals surface area contributed by atoms with Gasteiger partial charge in [-0.3, -0.25) is 0 Å². The second kappa shape index (κ2) is 6.15. The Hall–Kier alpha value is 0.1000. The molecule has 2 heterocycles. The van der Waals surface area contributed by atoms with Gasteiger partial charge in [0.1, 0.15) is 0 Å². The third-order valence-electron chi connectivity index (χ3n) is 3.23. The number of nitrogens with one attached hydrogen (secondary N) is 1. The van der Waals surface area contributed by atoms with Crippen molar-refractivity contribution >= 4 is 27.3 Å². The van der Waals surface area contributed by atoms with E-state index in [1.54, 1.807) is 0 Å². The van der Waals surface area contributed by atoms with Crippen LogP contribution in [-0.2, 0) is 6.54 Å². The molecule has 1 fully saturated rings. The van der Waals surface area contributed by atoms with Gasteiger partial charge in [-0.25, -0.2) is 0 Å². The van der Waals surface area contributed by atoms with Crippen molar-refractivity contribution in [2.75, 3.05) is 20.1 Å². The standard InChI is InChI=1S/C12H19BrN2S/c1-15-7-3-2-4-10(15)8-14-9-11-5-6-12(13)16-11/h5-6,10,14H,2-4,7-9H2,1H3. The average molecular weight is 303 g/mol. The lowest BCUT2D eigenvalue weighted by Crippen LogP contribution is -2.42. The fourth-order valence-corrected chi connectivity index (χ4v) is 3.66. The highest BCUT2D eigenvalue weighted by Crippen LogP contribution is 2.22. The monoisotopic (exact) mass is 302 g/mol. The van der Waals surface area contributed by atoms with Gasteiger partial charge < -0.3 is 10.2 Å². The summed E-state index contributed by atoms with van der Waals surface area (Å²) < 4.78 is 1.22. The van der Waals surface area contributed by atoms with Crippen LogP contribution >= 0.6 is 27.3 Å². The van der Waals surface area contributed by atoms with Crippen LogP contribution in [0.2, 0.25) is 0 Å². The lowest BCUT2D eigenvalue weighted by Gasteiger charge is -2.32. The fourth-order valence-electron chi connectivity index (χ4n) is 2.21. The third kappa shape index (κ3) is 3.55. The molecule has 2 rings (SSSR count). The summed E-state index contributed by atoms with van der Waals surface area (Å²) in [7, 11) is 2.24. The molecular weight excluding hydrogens is 284 g/mol. The molecule has 2 nitrogen and oxygen atoms in total. The molecule has 1 aromatic rings. The summed E-state index contributed by atoms with van der Waals surface area (Å²) in [6.07, 6.45) is 4.10. The van der Waals surface area contributed by atoms with E-state index in [4.69, 9.17) is 0 Å². The van der Waals surface area contributed by atoms with Gasteiger partial charge in [0.25, 0.3) is 0 Å². The van der Waals surface area contributed by atoms with Crippen molar-refractivity contribution in [1.82, 2.24) is 10.2 Å². The zero-order valence-corrected chi connectivity index (χ0v) is 12.1. The molecule has 1 aromatic heterocycles. The van der Waals surface area contributed by atoms with E-state index in [1.807, 2.05) is 11.3 Å². The zero-order chi connectivity index (χ0) is 11.4. The fraction of sp³-hybridized carbons (Fsp3) is 0.667. The van der Waals surface area contributed by atoms with Gasteiger partial charge in [-0.2, -0.15) is 0 Å². The van der Waals surface area contributed by atoms with Crippen LogP contribution in [0.15, 0.2) is 15.9 Å². The molecule has 90 valence electrons. The van der Waals surface area contributed by atoms with Crippen LogP contribution in [0, 0.1) is 0 Å². The van der Waals surface area contributed by atoms with Crippen molar-refractivity contribution in [2.45, 2.75) is 31.8 Å². The number of likely N-dealkylation sites (N-methyl/N-ethyl adjacent to an activating group) is 1. The van der Waals surface area contributed by atoms with E-state index in [1.165, 1.54) is 34.5 Å². The van der Waals surface area contributed by atoms with Gasteiger partial charge in [-0.1, -0.05) is 6.42 Å². The summed E-state index contributed by atoms with van der Waals surface area (Å²) in [5.74, 6) is 0. The van der Waals surface area contributed by atoms with E-state index in [0.29, 0.717) is 0 Å². The van der Waals surface area contributed by atoms with Gasteiger partial charge in [0, 0.05) is 24.0 Å². The molecule has 4 heteroatoms. The Morgan fingerprint density at radius 2 is 2.38 bits per heavy atom. The summed E-state index contributed by atoms with van der Waals surface area (Å²) >= 11 is 5.31. The molecule has 1 unspecified atom stereocenters. The Balaban J connectivity index is 1.71. The second-order valence-electron chi connectivity index (χ2n) is 4.47. The predicted molar refractivity (Wildman–Crippen MR) is 74.0 cm³/mol. The van der Waals surface area contributed by atoms with Crippen molar-refractivity contribution in [3.8, 4) is 0 Å². The number of nitrogens with zero attached hydrogens (tertiary/aromatic N) is 1. The number of rotatable bonds is 4. The lowest BCUT2D eigenvalue weighted by molar-refractivity contribution is 0.181. The Morgan fingerprint density at radius 1 is 1.50 bits per heavy atom. The molecule has 0 aliphatic carbocycles. The SMILES string of the molecule is CN1CCCCC1CNCc1ccc(Br)s1. The topological polar surface area (TPSA) is 15.3 Å². The summed E-state index contributed by atoms with van der Waals surface area (Å²) in [4.78, 5) is 3.89. The second-order valence-corrected chi connectivity index (χ2v) is 7.01. The van der Waals surface area contributed by atoms with Gasteiger partial charge in [0.2, 0.25) is 0 Å². The number of likely N-dealkylation sites (tertiary alicyclic amines) is 1. The summed E-state index contributed by atoms with van der Waals surface area (Å²) in [6.45, 7) is 3.38. The summed E-state index contributed by atoms with van der Waals surface area (Å²) in [5.41, 5.74) is 0. The van der Waals surface area contributed by atoms with Crippen molar-refractivity contribution < 1.29 is 0 Å². The highest BCUT2D eigenvalue weighted by Gasteiger charge is 2.17. The molecule has 0 radical (unpaired) electrons. The molecule has 0 saturated carbocycles. The van der Waals surface area contributed by atoms with Crippen LogP contribution < -0.4 is 5.32 Å². The number of halogens is 1. The van der Waals surface area contributed by atoms with Crippen LogP contribution in [0.25, 0.3) is 0 Å². The zero-order valence-electron chi connectivity index (χ0n) is 9.71. The van der Waals surface area contributed by atoms with Crippen molar-refractivity contribution in [3.63, 3.8) is 0 Å². The van der Waals surface area contributed by atoms with Gasteiger partial charge >= 0.3 is 0 Å². The molecule has 1 saturated heterocycles. The molecule has 1 N–H and O–H groups in total. The Morgan fingerprint density at radius 3 is 3.06 bits per heavy atom. The number of hydrogen-bond acceptors (Lipinski definition) is 3. The number of thiophene rings is 1. The highest BCUT2D eigenvalue weighted by atomic mass is 79.9. The Labute approximate surface area is 110 Å². The first-order chi connectivity index (χ1) is 7.75. The predicted octanol–water partition coefficient (Wildman–Crippen LogP) is 3.08. The maximum absolute atomic E-state index is 3.56. The number of hydrogen-bond donors (Lipinski definition) is 1. The highest BCUT2D eigenvalue weighted by molar-refractivity contribution is 9.11.